The van der Waals surface area contributed by atoms with E-state index in [1.807, 2.05) is 24.3 Å². The van der Waals surface area contributed by atoms with Gasteiger partial charge in [-0.25, -0.2) is 4.79 Å². The minimum atomic E-state index is -0.395. The monoisotopic (exact) mass is 324 g/mol. The van der Waals surface area contributed by atoms with E-state index in [1.54, 1.807) is 7.11 Å². The molecule has 0 aromatic heterocycles. The van der Waals surface area contributed by atoms with Crippen LogP contribution in [0.5, 0.6) is 0 Å². The SMILES string of the molecule is [CH2]N(CCCOC)C(=O)OCC1c2ccccc2-c2ccccc21. The Balaban J connectivity index is 1.68. The molecule has 0 unspecified atom stereocenters. The first-order valence-electron chi connectivity index (χ1n) is 8.14. The summed E-state index contributed by atoms with van der Waals surface area (Å²) in [5.41, 5.74) is 4.87. The van der Waals surface area contributed by atoms with Gasteiger partial charge in [0.15, 0.2) is 0 Å². The Hall–Kier alpha value is -2.33. The van der Waals surface area contributed by atoms with Crippen LogP contribution in [0.3, 0.4) is 0 Å². The van der Waals surface area contributed by atoms with Crippen molar-refractivity contribution in [3.8, 4) is 11.1 Å². The first-order chi connectivity index (χ1) is 11.7. The van der Waals surface area contributed by atoms with Gasteiger partial charge in [0.2, 0.25) is 0 Å². The molecule has 0 fully saturated rings. The number of methoxy groups -OCH3 is 1. The summed E-state index contributed by atoms with van der Waals surface area (Å²) >= 11 is 0. The van der Waals surface area contributed by atoms with Crippen molar-refractivity contribution in [3.63, 3.8) is 0 Å². The van der Waals surface area contributed by atoms with Crippen LogP contribution in [0.1, 0.15) is 23.5 Å². The van der Waals surface area contributed by atoms with E-state index in [4.69, 9.17) is 9.47 Å². The Morgan fingerprint density at radius 3 is 2.25 bits per heavy atom. The Kier molecular flexibility index (Phi) is 5.16. The van der Waals surface area contributed by atoms with Crippen LogP contribution in [0.25, 0.3) is 11.1 Å². The van der Waals surface area contributed by atoms with Crippen molar-refractivity contribution in [3.05, 3.63) is 66.7 Å². The molecular formula is C20H22NO3. The fraction of sp³-hybridized carbons (Fsp3) is 0.300. The van der Waals surface area contributed by atoms with E-state index in [9.17, 15) is 4.79 Å². The fourth-order valence-corrected chi connectivity index (χ4v) is 3.18. The maximum Gasteiger partial charge on any atom is 0.409 e. The molecule has 0 atom stereocenters. The lowest BCUT2D eigenvalue weighted by molar-refractivity contribution is 0.109. The van der Waals surface area contributed by atoms with E-state index >= 15 is 0 Å². The average molecular weight is 324 g/mol. The predicted molar refractivity (Wildman–Crippen MR) is 93.6 cm³/mol. The van der Waals surface area contributed by atoms with Crippen LogP contribution in [-0.4, -0.2) is 37.9 Å². The number of amides is 1. The van der Waals surface area contributed by atoms with Crippen LogP contribution in [0.2, 0.25) is 0 Å². The van der Waals surface area contributed by atoms with E-state index in [0.29, 0.717) is 19.8 Å². The maximum atomic E-state index is 12.1. The normalized spacial score (nSPS) is 12.6. The zero-order valence-corrected chi connectivity index (χ0v) is 13.9. The molecule has 1 radical (unpaired) electrons. The summed E-state index contributed by atoms with van der Waals surface area (Å²) in [5, 5.41) is 0. The van der Waals surface area contributed by atoms with Gasteiger partial charge in [-0.15, -0.1) is 0 Å². The van der Waals surface area contributed by atoms with Crippen molar-refractivity contribution < 1.29 is 14.3 Å². The molecule has 0 spiro atoms. The van der Waals surface area contributed by atoms with Crippen molar-refractivity contribution >= 4 is 6.09 Å². The largest absolute Gasteiger partial charge is 0.448 e. The number of hydrogen-bond donors (Lipinski definition) is 0. The van der Waals surface area contributed by atoms with E-state index in [-0.39, 0.29) is 5.92 Å². The topological polar surface area (TPSA) is 38.8 Å². The third kappa shape index (κ3) is 3.29. The number of nitrogens with zero attached hydrogens (tertiary/aromatic N) is 1. The van der Waals surface area contributed by atoms with Gasteiger partial charge in [0.25, 0.3) is 0 Å². The Morgan fingerprint density at radius 1 is 1.08 bits per heavy atom. The smallest absolute Gasteiger partial charge is 0.409 e. The number of rotatable bonds is 6. The van der Waals surface area contributed by atoms with Gasteiger partial charge in [-0.2, -0.15) is 0 Å². The van der Waals surface area contributed by atoms with Crippen molar-refractivity contribution in [1.29, 1.82) is 0 Å². The average Bonchev–Trinajstić information content (AvgIpc) is 2.94. The van der Waals surface area contributed by atoms with Crippen molar-refractivity contribution in [1.82, 2.24) is 4.90 Å². The Labute approximate surface area is 143 Å². The highest BCUT2D eigenvalue weighted by molar-refractivity contribution is 5.79. The molecule has 0 N–H and O–H groups in total. The second-order valence-corrected chi connectivity index (χ2v) is 5.91. The van der Waals surface area contributed by atoms with Crippen LogP contribution in [0, 0.1) is 7.05 Å². The van der Waals surface area contributed by atoms with Gasteiger partial charge in [-0.3, -0.25) is 0 Å². The molecule has 2 aromatic rings. The zero-order valence-electron chi connectivity index (χ0n) is 13.9. The number of carbonyl (C=O) groups is 1. The molecule has 1 amide bonds. The number of carbonyl (C=O) groups excluding carboxylic acids is 1. The standard InChI is InChI=1S/C20H22NO3/c1-21(12-7-13-23-2)20(22)24-14-19-17-10-5-3-8-15(17)16-9-4-6-11-18(16)19/h3-6,8-11,19H,1,7,12-14H2,2H3. The molecule has 0 heterocycles. The van der Waals surface area contributed by atoms with Crippen LogP contribution in [0.15, 0.2) is 48.5 Å². The van der Waals surface area contributed by atoms with Crippen molar-refractivity contribution in [2.24, 2.45) is 0 Å². The highest BCUT2D eigenvalue weighted by Gasteiger charge is 2.29. The fourth-order valence-electron chi connectivity index (χ4n) is 3.18. The van der Waals surface area contributed by atoms with Gasteiger partial charge in [0.05, 0.1) is 0 Å². The summed E-state index contributed by atoms with van der Waals surface area (Å²) in [4.78, 5) is 13.5. The minimum absolute atomic E-state index is 0.0775. The molecule has 1 aliphatic rings. The first kappa shape index (κ1) is 16.5. The molecule has 24 heavy (non-hydrogen) atoms. The quantitative estimate of drug-likeness (QED) is 0.752. The van der Waals surface area contributed by atoms with E-state index in [0.717, 1.165) is 6.42 Å². The molecule has 125 valence electrons. The lowest BCUT2D eigenvalue weighted by Crippen LogP contribution is -2.28. The molecular weight excluding hydrogens is 302 g/mol. The third-order valence-corrected chi connectivity index (χ3v) is 4.37. The lowest BCUT2D eigenvalue weighted by Gasteiger charge is -2.19. The van der Waals surface area contributed by atoms with Crippen LogP contribution in [0.4, 0.5) is 4.79 Å². The maximum absolute atomic E-state index is 12.1. The highest BCUT2D eigenvalue weighted by Crippen LogP contribution is 2.44. The molecule has 0 bridgehead atoms. The lowest BCUT2D eigenvalue weighted by atomic mass is 9.98. The second-order valence-electron chi connectivity index (χ2n) is 5.91. The van der Waals surface area contributed by atoms with Crippen molar-refractivity contribution in [2.75, 3.05) is 26.9 Å². The Morgan fingerprint density at radius 2 is 1.67 bits per heavy atom. The van der Waals surface area contributed by atoms with Gasteiger partial charge in [0.1, 0.15) is 6.61 Å². The molecule has 1 aliphatic carbocycles. The van der Waals surface area contributed by atoms with E-state index < -0.39 is 6.09 Å². The summed E-state index contributed by atoms with van der Waals surface area (Å²) in [5.74, 6) is 0.0775. The molecule has 4 heteroatoms. The van der Waals surface area contributed by atoms with Gasteiger partial charge in [0, 0.05) is 33.2 Å². The van der Waals surface area contributed by atoms with Gasteiger partial charge in [-0.1, -0.05) is 48.5 Å². The summed E-state index contributed by atoms with van der Waals surface area (Å²) in [6, 6.07) is 16.6. The summed E-state index contributed by atoms with van der Waals surface area (Å²) in [6.07, 6.45) is 0.345. The van der Waals surface area contributed by atoms with E-state index in [1.165, 1.54) is 27.2 Å². The molecule has 0 saturated heterocycles. The minimum Gasteiger partial charge on any atom is -0.448 e. The second kappa shape index (κ2) is 7.49. The van der Waals surface area contributed by atoms with Gasteiger partial charge < -0.3 is 14.4 Å². The molecule has 4 nitrogen and oxygen atoms in total. The highest BCUT2D eigenvalue weighted by atomic mass is 16.6. The Bertz CT molecular complexity index is 668. The summed E-state index contributed by atoms with van der Waals surface area (Å²) in [7, 11) is 5.39. The van der Waals surface area contributed by atoms with E-state index in [2.05, 4.69) is 31.3 Å². The number of ether oxygens (including phenoxy) is 2. The third-order valence-electron chi connectivity index (χ3n) is 4.37. The number of fused-ring (bicyclic) bond motifs is 3. The number of benzene rings is 2. The van der Waals surface area contributed by atoms with Crippen LogP contribution < -0.4 is 0 Å². The van der Waals surface area contributed by atoms with Crippen molar-refractivity contribution in [2.45, 2.75) is 12.3 Å². The number of hydrogen-bond acceptors (Lipinski definition) is 3. The summed E-state index contributed by atoms with van der Waals surface area (Å²) < 4.78 is 10.5. The van der Waals surface area contributed by atoms with Crippen LogP contribution in [-0.2, 0) is 9.47 Å². The summed E-state index contributed by atoms with van der Waals surface area (Å²) in [6.45, 7) is 1.44. The predicted octanol–water partition coefficient (Wildman–Crippen LogP) is 4.07. The van der Waals surface area contributed by atoms with Crippen LogP contribution >= 0.6 is 0 Å². The van der Waals surface area contributed by atoms with Gasteiger partial charge in [-0.05, 0) is 28.7 Å². The molecule has 3 rings (SSSR count). The zero-order chi connectivity index (χ0) is 16.9. The molecule has 0 saturated carbocycles. The molecule has 2 aromatic carbocycles. The van der Waals surface area contributed by atoms with Gasteiger partial charge >= 0.3 is 6.09 Å². The first-order valence-corrected chi connectivity index (χ1v) is 8.14. The molecule has 0 aliphatic heterocycles.